The number of ether oxygens (including phenoxy) is 1. The number of nitrogen functional groups attached to an aromatic ring is 1. The second kappa shape index (κ2) is 6.63. The molecule has 0 aliphatic heterocycles. The largest absolute Gasteiger partial charge is 0.382 e. The van der Waals surface area contributed by atoms with Crippen molar-refractivity contribution in [3.05, 3.63) is 6.33 Å². The molecule has 2 unspecified atom stereocenters. The maximum atomic E-state index is 11.1. The third-order valence-corrected chi connectivity index (χ3v) is 4.91. The molecule has 0 bridgehead atoms. The molecule has 1 saturated carbocycles. The van der Waals surface area contributed by atoms with Gasteiger partial charge in [-0.1, -0.05) is 6.92 Å². The molecule has 3 rings (SSSR count). The van der Waals surface area contributed by atoms with E-state index in [1.54, 1.807) is 22.7 Å². The Morgan fingerprint density at radius 2 is 2.25 bits per heavy atom. The van der Waals surface area contributed by atoms with Crippen LogP contribution in [0.1, 0.15) is 13.3 Å². The Morgan fingerprint density at radius 3 is 2.92 bits per heavy atom. The summed E-state index contributed by atoms with van der Waals surface area (Å²) in [7, 11) is 0. The minimum Gasteiger partial charge on any atom is -0.382 e. The number of hydrogen-bond acceptors (Lipinski definition) is 9. The number of thioether (sulfide) groups is 1. The van der Waals surface area contributed by atoms with Gasteiger partial charge in [0.15, 0.2) is 17.4 Å². The van der Waals surface area contributed by atoms with Gasteiger partial charge in [-0.3, -0.25) is 4.79 Å². The number of fused-ring (bicyclic) bond motifs is 1. The Hall–Kier alpha value is -1.75. The van der Waals surface area contributed by atoms with Crippen LogP contribution in [0.2, 0.25) is 0 Å². The highest BCUT2D eigenvalue weighted by molar-refractivity contribution is 7.99. The smallest absolute Gasteiger partial charge is 0.223 e. The summed E-state index contributed by atoms with van der Waals surface area (Å²) in [5.74, 6) is 0.495. The van der Waals surface area contributed by atoms with Crippen LogP contribution in [0.3, 0.4) is 0 Å². The standard InChI is InChI=1S/C14H19N5O4S/c1-2-5-24-12-8-11(17-13(15)18-12)19(7-16-8)3-4-23-6-14(22)9(20)10(14)21/h7,9,20,22H,2-6H2,1H3,(H2,15,17,18). The zero-order chi connectivity index (χ0) is 17.3. The molecular formula is C14H19N5O4S. The van der Waals surface area contributed by atoms with Gasteiger partial charge < -0.3 is 25.3 Å². The number of rotatable bonds is 8. The van der Waals surface area contributed by atoms with Gasteiger partial charge in [-0.15, -0.1) is 11.8 Å². The molecule has 0 aromatic carbocycles. The lowest BCUT2D eigenvalue weighted by molar-refractivity contribution is -0.118. The van der Waals surface area contributed by atoms with Crippen LogP contribution in [0.15, 0.2) is 11.4 Å². The van der Waals surface area contributed by atoms with E-state index in [-0.39, 0.29) is 19.2 Å². The van der Waals surface area contributed by atoms with Crippen LogP contribution in [0, 0.1) is 0 Å². The van der Waals surface area contributed by atoms with Crippen molar-refractivity contribution in [2.45, 2.75) is 36.6 Å². The summed E-state index contributed by atoms with van der Waals surface area (Å²) in [4.78, 5) is 23.9. The van der Waals surface area contributed by atoms with Crippen LogP contribution in [-0.2, 0) is 16.1 Å². The van der Waals surface area contributed by atoms with Crippen molar-refractivity contribution >= 4 is 34.7 Å². The average molecular weight is 353 g/mol. The van der Waals surface area contributed by atoms with E-state index in [1.807, 2.05) is 0 Å². The number of imidazole rings is 1. The van der Waals surface area contributed by atoms with E-state index in [9.17, 15) is 15.0 Å². The number of Topliss-reactive ketones (excluding diaryl/α,β-unsaturated/α-hetero) is 1. The van der Waals surface area contributed by atoms with Crippen molar-refractivity contribution < 1.29 is 19.7 Å². The number of aromatic nitrogens is 4. The summed E-state index contributed by atoms with van der Waals surface area (Å²) in [6.45, 7) is 2.51. The molecule has 4 N–H and O–H groups in total. The molecule has 130 valence electrons. The van der Waals surface area contributed by atoms with Crippen LogP contribution in [0.5, 0.6) is 0 Å². The first-order valence-electron chi connectivity index (χ1n) is 7.61. The zero-order valence-corrected chi connectivity index (χ0v) is 14.0. The van der Waals surface area contributed by atoms with E-state index in [1.165, 1.54) is 0 Å². The first-order valence-corrected chi connectivity index (χ1v) is 8.59. The fourth-order valence-corrected chi connectivity index (χ4v) is 3.09. The molecule has 9 nitrogen and oxygen atoms in total. The van der Waals surface area contributed by atoms with Crippen LogP contribution >= 0.6 is 11.8 Å². The third-order valence-electron chi connectivity index (χ3n) is 3.73. The molecular weight excluding hydrogens is 334 g/mol. The van der Waals surface area contributed by atoms with Crippen molar-refractivity contribution in [1.29, 1.82) is 0 Å². The summed E-state index contributed by atoms with van der Waals surface area (Å²) in [6.07, 6.45) is 1.31. The number of carbonyl (C=O) groups is 1. The first-order chi connectivity index (χ1) is 11.5. The molecule has 10 heteroatoms. The van der Waals surface area contributed by atoms with Crippen molar-refractivity contribution in [3.63, 3.8) is 0 Å². The van der Waals surface area contributed by atoms with E-state index in [2.05, 4.69) is 21.9 Å². The Labute approximate surface area is 142 Å². The lowest BCUT2D eigenvalue weighted by atomic mass is 10.3. The highest BCUT2D eigenvalue weighted by Gasteiger charge is 2.64. The molecule has 0 saturated heterocycles. The molecule has 0 spiro atoms. The Morgan fingerprint density at radius 1 is 1.50 bits per heavy atom. The predicted molar refractivity (Wildman–Crippen MR) is 87.5 cm³/mol. The van der Waals surface area contributed by atoms with Crippen LogP contribution in [0.25, 0.3) is 11.2 Å². The maximum Gasteiger partial charge on any atom is 0.223 e. The quantitative estimate of drug-likeness (QED) is 0.329. The molecule has 2 aromatic rings. The van der Waals surface area contributed by atoms with Gasteiger partial charge in [0.25, 0.3) is 0 Å². The van der Waals surface area contributed by atoms with E-state index >= 15 is 0 Å². The molecule has 0 amide bonds. The minimum atomic E-state index is -1.74. The van der Waals surface area contributed by atoms with E-state index in [0.717, 1.165) is 17.2 Å². The number of hydrogen-bond donors (Lipinski definition) is 3. The summed E-state index contributed by atoms with van der Waals surface area (Å²) < 4.78 is 7.07. The number of carbonyl (C=O) groups excluding carboxylic acids is 1. The molecule has 1 aliphatic carbocycles. The lowest BCUT2D eigenvalue weighted by Gasteiger charge is -2.09. The number of nitrogens with zero attached hydrogens (tertiary/aromatic N) is 4. The topological polar surface area (TPSA) is 136 Å². The van der Waals surface area contributed by atoms with E-state index in [4.69, 9.17) is 10.5 Å². The summed E-state index contributed by atoms with van der Waals surface area (Å²) >= 11 is 1.58. The summed E-state index contributed by atoms with van der Waals surface area (Å²) in [5, 5.41) is 19.6. The average Bonchev–Trinajstić information content (AvgIpc) is 2.90. The Kier molecular flexibility index (Phi) is 4.72. The van der Waals surface area contributed by atoms with Gasteiger partial charge in [-0.05, 0) is 12.2 Å². The number of aliphatic hydroxyl groups is 2. The molecule has 2 heterocycles. The van der Waals surface area contributed by atoms with Crippen molar-refractivity contribution in [2.75, 3.05) is 24.7 Å². The second-order valence-corrected chi connectivity index (χ2v) is 6.67. The molecule has 0 radical (unpaired) electrons. The normalized spacial score (nSPS) is 23.1. The summed E-state index contributed by atoms with van der Waals surface area (Å²) in [6, 6.07) is 0. The van der Waals surface area contributed by atoms with Gasteiger partial charge in [-0.25, -0.2) is 9.97 Å². The van der Waals surface area contributed by atoms with Gasteiger partial charge in [0, 0.05) is 6.54 Å². The van der Waals surface area contributed by atoms with Crippen LogP contribution < -0.4 is 5.73 Å². The molecule has 24 heavy (non-hydrogen) atoms. The second-order valence-electron chi connectivity index (χ2n) is 5.59. The predicted octanol–water partition coefficient (Wildman–Crippen LogP) is -0.398. The SMILES string of the molecule is CCCSc1nc(N)nc2c1ncn2CCOCC1(O)C(=O)C1O. The molecule has 2 atom stereocenters. The van der Waals surface area contributed by atoms with E-state index in [0.29, 0.717) is 17.7 Å². The Bertz CT molecular complexity index is 767. The monoisotopic (exact) mass is 353 g/mol. The Balaban J connectivity index is 1.65. The van der Waals surface area contributed by atoms with Gasteiger partial charge in [0.2, 0.25) is 11.7 Å². The van der Waals surface area contributed by atoms with Crippen molar-refractivity contribution in [2.24, 2.45) is 0 Å². The fourth-order valence-electron chi connectivity index (χ4n) is 2.26. The molecule has 2 aromatic heterocycles. The van der Waals surface area contributed by atoms with Gasteiger partial charge in [-0.2, -0.15) is 4.98 Å². The number of aliphatic hydroxyl groups excluding tert-OH is 1. The number of ketones is 1. The number of nitrogens with two attached hydrogens (primary N) is 1. The van der Waals surface area contributed by atoms with Gasteiger partial charge >= 0.3 is 0 Å². The highest BCUT2D eigenvalue weighted by atomic mass is 32.2. The van der Waals surface area contributed by atoms with Gasteiger partial charge in [0.05, 0.1) is 19.5 Å². The third kappa shape index (κ3) is 3.09. The minimum absolute atomic E-state index is 0.185. The maximum absolute atomic E-state index is 11.1. The van der Waals surface area contributed by atoms with Crippen molar-refractivity contribution in [3.8, 4) is 0 Å². The number of anilines is 1. The highest BCUT2D eigenvalue weighted by Crippen LogP contribution is 2.31. The fraction of sp³-hybridized carbons (Fsp3) is 0.571. The molecule has 1 aliphatic rings. The van der Waals surface area contributed by atoms with Gasteiger partial charge in [0.1, 0.15) is 10.5 Å². The van der Waals surface area contributed by atoms with Crippen LogP contribution in [-0.4, -0.2) is 66.2 Å². The van der Waals surface area contributed by atoms with Crippen LogP contribution in [0.4, 0.5) is 5.95 Å². The first kappa shape index (κ1) is 17.1. The van der Waals surface area contributed by atoms with E-state index < -0.39 is 17.5 Å². The van der Waals surface area contributed by atoms with Crippen molar-refractivity contribution in [1.82, 2.24) is 19.5 Å². The molecule has 1 fully saturated rings. The zero-order valence-electron chi connectivity index (χ0n) is 13.2. The summed E-state index contributed by atoms with van der Waals surface area (Å²) in [5.41, 5.74) is 5.33. The lowest BCUT2D eigenvalue weighted by Crippen LogP contribution is -2.24.